The number of rotatable bonds is 52. The molecule has 4 aromatic heterocycles. The molecule has 0 nitrogen and oxygen atoms in total. The van der Waals surface area contributed by atoms with Crippen molar-refractivity contribution in [1.82, 2.24) is 0 Å². The van der Waals surface area contributed by atoms with Crippen LogP contribution in [0, 0.1) is 11.8 Å². The van der Waals surface area contributed by atoms with E-state index in [-0.39, 0.29) is 0 Å². The van der Waals surface area contributed by atoms with Crippen molar-refractivity contribution in [3.05, 3.63) is 11.1 Å². The summed E-state index contributed by atoms with van der Waals surface area (Å²) in [7, 11) is 0. The van der Waals surface area contributed by atoms with E-state index in [0.717, 1.165) is 11.8 Å². The van der Waals surface area contributed by atoms with Crippen LogP contribution in [0.25, 0.3) is 28.2 Å². The maximum atomic E-state index is 2.69. The van der Waals surface area contributed by atoms with Gasteiger partial charge in [-0.2, -0.15) is 0 Å². The Morgan fingerprint density at radius 3 is 0.658 bits per heavy atom. The Morgan fingerprint density at radius 1 is 0.237 bits per heavy atom. The van der Waals surface area contributed by atoms with Crippen LogP contribution in [0.5, 0.6) is 0 Å². The topological polar surface area (TPSA) is 0 Å². The van der Waals surface area contributed by atoms with Crippen molar-refractivity contribution in [2.45, 2.75) is 366 Å². The molecular weight excluding hydrogens is 1210 g/mol. The minimum atomic E-state index is -2.29. The van der Waals surface area contributed by atoms with Gasteiger partial charge in [0, 0.05) is 0 Å². The molecule has 0 bridgehead atoms. The number of aryl methyl sites for hydroxylation is 2. The second-order valence-electron chi connectivity index (χ2n) is 27.2. The van der Waals surface area contributed by atoms with E-state index < -0.39 is 36.8 Å². The third-order valence-electron chi connectivity index (χ3n) is 17.7. The molecule has 4 heterocycles. The van der Waals surface area contributed by atoms with Crippen molar-refractivity contribution in [3.63, 3.8) is 0 Å². The van der Waals surface area contributed by atoms with Gasteiger partial charge in [-0.25, -0.2) is 0 Å². The molecule has 0 aromatic carbocycles. The average molecular weight is 1340 g/mol. The zero-order valence-corrected chi connectivity index (χ0v) is 61.7. The van der Waals surface area contributed by atoms with Crippen LogP contribution < -0.4 is 5.79 Å². The maximum absolute atomic E-state index is 2.69. The summed E-state index contributed by atoms with van der Waals surface area (Å²) in [5, 5.41) is 0. The van der Waals surface area contributed by atoms with E-state index in [1.54, 1.807) is 28.2 Å². The fraction of sp³-hybridized carbons (Fsp3) is 0.857. The first kappa shape index (κ1) is 69.7. The fourth-order valence-electron chi connectivity index (χ4n) is 13.0. The van der Waals surface area contributed by atoms with Gasteiger partial charge in [0.2, 0.25) is 0 Å². The quantitative estimate of drug-likeness (QED) is 0.0305. The molecule has 4 rings (SSSR count). The SMILES string of the molecule is CCCCCCCCCCC(CCCCCCCC)CCCCCCCCc1[c]([Sn]([CH3])([CH3])[CH3])sc2c1sc1c3s[c]([Sn]([CH3])([CH3])[CH3])c(CCCCCCCCC(CCCCCCCC)CCCCCCCCCC)c3sc21. The number of unbranched alkanes of at least 4 members (excludes halogenated alkanes) is 34. The molecular formula is C70H128S4Sn2. The van der Waals surface area contributed by atoms with Crippen LogP contribution in [0.4, 0.5) is 0 Å². The van der Waals surface area contributed by atoms with Crippen LogP contribution >= 0.6 is 45.3 Å². The Hall–Kier alpha value is 1.18. The van der Waals surface area contributed by atoms with Crippen molar-refractivity contribution in [2.75, 3.05) is 0 Å². The van der Waals surface area contributed by atoms with Crippen molar-refractivity contribution in [3.8, 4) is 0 Å². The van der Waals surface area contributed by atoms with Crippen molar-refractivity contribution in [2.24, 2.45) is 11.8 Å². The van der Waals surface area contributed by atoms with E-state index >= 15 is 0 Å². The van der Waals surface area contributed by atoms with Gasteiger partial charge in [-0.1, -0.05) is 207 Å². The summed E-state index contributed by atoms with van der Waals surface area (Å²) >= 11 is 4.47. The van der Waals surface area contributed by atoms with Crippen LogP contribution in [0.15, 0.2) is 0 Å². The molecule has 0 aliphatic carbocycles. The standard InChI is InChI=1S/C64H110S4.6CH3.2Sn/c1-5-9-13-17-21-23-31-39-47-55(45-37-29-19-15-11-7-3)49-41-33-25-27-35-43-51-57-53-65-61-59(57)67-64-62-60(68-63(61)64)58(54-66-62)52-44-36-28-26-34-42-50-56(46-38-30-20-16-12-8-4)48-40-32-24-22-18-14-10-6-2;;;;;;;;/h55-56H,5-52H2,1-4H3;6*1H3;;. The Morgan fingerprint density at radius 2 is 0.434 bits per heavy atom. The van der Waals surface area contributed by atoms with Gasteiger partial charge < -0.3 is 0 Å². The van der Waals surface area contributed by atoms with E-state index in [0.29, 0.717) is 0 Å². The Labute approximate surface area is 499 Å². The summed E-state index contributed by atoms with van der Waals surface area (Å²) in [5.41, 5.74) is 3.65. The van der Waals surface area contributed by atoms with E-state index in [1.165, 1.54) is 308 Å². The Bertz CT molecular complexity index is 1850. The Balaban J connectivity index is 1.26. The first-order chi connectivity index (χ1) is 36.9. The molecule has 0 aliphatic heterocycles. The van der Waals surface area contributed by atoms with Gasteiger partial charge in [-0.15, -0.1) is 0 Å². The second kappa shape index (κ2) is 42.1. The van der Waals surface area contributed by atoms with Gasteiger partial charge in [0.05, 0.1) is 0 Å². The van der Waals surface area contributed by atoms with Crippen LogP contribution in [-0.2, 0) is 12.8 Å². The van der Waals surface area contributed by atoms with Gasteiger partial charge in [0.1, 0.15) is 0 Å². The van der Waals surface area contributed by atoms with Crippen molar-refractivity contribution in [1.29, 1.82) is 0 Å². The van der Waals surface area contributed by atoms with Crippen LogP contribution in [0.1, 0.15) is 334 Å². The Kier molecular flexibility index (Phi) is 38.6. The van der Waals surface area contributed by atoms with E-state index in [1.807, 2.05) is 16.9 Å². The molecule has 0 fully saturated rings. The fourth-order valence-corrected chi connectivity index (χ4v) is 33.5. The molecule has 0 N–H and O–H groups in total. The van der Waals surface area contributed by atoms with Crippen molar-refractivity contribution < 1.29 is 0 Å². The minimum absolute atomic E-state index is 1.00. The van der Waals surface area contributed by atoms with Gasteiger partial charge in [-0.3, -0.25) is 0 Å². The molecule has 0 saturated heterocycles. The first-order valence-electron chi connectivity index (χ1n) is 34.4. The molecule has 0 saturated carbocycles. The summed E-state index contributed by atoms with van der Waals surface area (Å²) in [6, 6.07) is 0. The van der Waals surface area contributed by atoms with Gasteiger partial charge >= 0.3 is 297 Å². The molecule has 440 valence electrons. The monoisotopic (exact) mass is 1340 g/mol. The van der Waals surface area contributed by atoms with Crippen LogP contribution in [-0.4, -0.2) is 36.8 Å². The third-order valence-corrected chi connectivity index (χ3v) is 42.5. The second-order valence-corrected chi connectivity index (χ2v) is 61.9. The predicted molar refractivity (Wildman–Crippen MR) is 366 cm³/mol. The summed E-state index contributed by atoms with van der Waals surface area (Å²) in [6.07, 6.45) is 69.8. The summed E-state index contributed by atoms with van der Waals surface area (Å²) in [5.74, 6) is 2.00. The van der Waals surface area contributed by atoms with Crippen LogP contribution in [0.3, 0.4) is 0 Å². The van der Waals surface area contributed by atoms with Gasteiger partial charge in [-0.05, 0) is 0 Å². The molecule has 2 atom stereocenters. The van der Waals surface area contributed by atoms with Gasteiger partial charge in [0.15, 0.2) is 0 Å². The van der Waals surface area contributed by atoms with E-state index in [9.17, 15) is 0 Å². The molecule has 0 radical (unpaired) electrons. The summed E-state index contributed by atoms with van der Waals surface area (Å²) in [4.78, 5) is 16.2. The molecule has 76 heavy (non-hydrogen) atoms. The normalized spacial score (nSPS) is 13.4. The molecule has 0 amide bonds. The number of hydrogen-bond donors (Lipinski definition) is 0. The number of hydrogen-bond acceptors (Lipinski definition) is 4. The summed E-state index contributed by atoms with van der Waals surface area (Å²) < 4.78 is 14.0. The molecule has 2 unspecified atom stereocenters. The number of fused-ring (bicyclic) bond motifs is 5. The zero-order chi connectivity index (χ0) is 54.7. The summed E-state index contributed by atoms with van der Waals surface area (Å²) in [6.45, 7) is 9.37. The zero-order valence-electron chi connectivity index (χ0n) is 52.7. The van der Waals surface area contributed by atoms with Crippen molar-refractivity contribution >= 4 is 116 Å². The molecule has 6 heteroatoms. The predicted octanol–water partition coefficient (Wildman–Crippen LogP) is 26.8. The molecule has 0 aliphatic rings. The first-order valence-corrected chi connectivity index (χ1v) is 57.6. The average Bonchev–Trinajstić information content (AvgIpc) is 4.29. The van der Waals surface area contributed by atoms with Gasteiger partial charge in [0.25, 0.3) is 0 Å². The van der Waals surface area contributed by atoms with Crippen LogP contribution in [0.2, 0.25) is 29.6 Å². The molecule has 4 aromatic rings. The van der Waals surface area contributed by atoms with E-state index in [4.69, 9.17) is 0 Å². The molecule has 0 spiro atoms. The number of thiophene rings is 4. The third kappa shape index (κ3) is 27.3. The van der Waals surface area contributed by atoms with E-state index in [2.05, 4.69) is 103 Å².